The Labute approximate surface area is 172 Å². The molecule has 3 aliphatic rings. The van der Waals surface area contributed by atoms with Crippen molar-refractivity contribution < 1.29 is 14.4 Å². The number of hydrogen-bond donors (Lipinski definition) is 0. The van der Waals surface area contributed by atoms with Gasteiger partial charge in [-0.25, -0.2) is 0 Å². The molecule has 0 N–H and O–H groups in total. The topological polar surface area (TPSA) is 57.7 Å². The average Bonchev–Trinajstić information content (AvgIpc) is 3.07. The Hall–Kier alpha value is -2.43. The van der Waals surface area contributed by atoms with Gasteiger partial charge in [-0.15, -0.1) is 0 Å². The van der Waals surface area contributed by atoms with E-state index in [-0.39, 0.29) is 23.6 Å². The molecular formula is C24H30N2O3. The molecule has 4 rings (SSSR count). The van der Waals surface area contributed by atoms with Gasteiger partial charge in [0.15, 0.2) is 5.78 Å². The third kappa shape index (κ3) is 2.70. The van der Waals surface area contributed by atoms with Gasteiger partial charge in [0.2, 0.25) is 11.8 Å². The molecule has 3 aliphatic heterocycles. The molecular weight excluding hydrogens is 364 g/mol. The van der Waals surface area contributed by atoms with Crippen LogP contribution in [-0.2, 0) is 14.4 Å². The summed E-state index contributed by atoms with van der Waals surface area (Å²) in [6.07, 6.45) is 2.08. The van der Waals surface area contributed by atoms with Crippen LogP contribution in [-0.4, -0.2) is 40.1 Å². The molecule has 0 spiro atoms. The Morgan fingerprint density at radius 2 is 1.52 bits per heavy atom. The molecule has 0 aliphatic carbocycles. The summed E-state index contributed by atoms with van der Waals surface area (Å²) in [6, 6.07) is 7.04. The molecule has 2 amide bonds. The predicted molar refractivity (Wildman–Crippen MR) is 113 cm³/mol. The van der Waals surface area contributed by atoms with Crippen molar-refractivity contribution in [3.63, 3.8) is 0 Å². The summed E-state index contributed by atoms with van der Waals surface area (Å²) in [5, 5.41) is 0. The third-order valence-corrected chi connectivity index (χ3v) is 6.43. The van der Waals surface area contributed by atoms with E-state index in [4.69, 9.17) is 0 Å². The highest BCUT2D eigenvalue weighted by Gasteiger charge is 2.66. The number of hydrogen-bond acceptors (Lipinski definition) is 4. The molecule has 4 atom stereocenters. The first-order valence-electron chi connectivity index (χ1n) is 10.3. The van der Waals surface area contributed by atoms with Crippen LogP contribution in [0.2, 0.25) is 0 Å². The van der Waals surface area contributed by atoms with Gasteiger partial charge in [0.25, 0.3) is 0 Å². The molecule has 29 heavy (non-hydrogen) atoms. The summed E-state index contributed by atoms with van der Waals surface area (Å²) in [4.78, 5) is 44.1. The number of para-hydroxylation sites is 1. The van der Waals surface area contributed by atoms with Gasteiger partial charge in [0.05, 0.1) is 17.9 Å². The van der Waals surface area contributed by atoms with E-state index in [1.807, 2.05) is 72.7 Å². The van der Waals surface area contributed by atoms with Crippen molar-refractivity contribution in [2.24, 2.45) is 17.3 Å². The van der Waals surface area contributed by atoms with Gasteiger partial charge in [-0.1, -0.05) is 45.0 Å². The summed E-state index contributed by atoms with van der Waals surface area (Å²) >= 11 is 0. The quantitative estimate of drug-likeness (QED) is 0.682. The number of rotatable bonds is 1. The number of benzene rings is 1. The predicted octanol–water partition coefficient (Wildman–Crippen LogP) is 3.68. The molecule has 0 radical (unpaired) electrons. The maximum Gasteiger partial charge on any atom is 0.236 e. The van der Waals surface area contributed by atoms with E-state index in [0.29, 0.717) is 0 Å². The Morgan fingerprint density at radius 3 is 2.10 bits per heavy atom. The lowest BCUT2D eigenvalue weighted by molar-refractivity contribution is -0.146. The minimum absolute atomic E-state index is 0.00895. The zero-order chi connectivity index (χ0) is 21.5. The minimum Gasteiger partial charge on any atom is -0.353 e. The van der Waals surface area contributed by atoms with Crippen molar-refractivity contribution in [3.8, 4) is 0 Å². The fraction of sp³-hybridized carbons (Fsp3) is 0.542. The van der Waals surface area contributed by atoms with Crippen LogP contribution in [0.1, 0.15) is 54.0 Å². The average molecular weight is 395 g/mol. The SMILES string of the molecule is CC1=C[C@@H]2[C@@H]3C(=O)N(C(C)(C)C)C(=O)[C@H]3[C@H](C(=O)C(C)(C)C)N2c2ccccc21. The minimum atomic E-state index is -0.645. The molecule has 0 bridgehead atoms. The van der Waals surface area contributed by atoms with E-state index in [1.165, 1.54) is 4.90 Å². The van der Waals surface area contributed by atoms with Gasteiger partial charge < -0.3 is 4.90 Å². The van der Waals surface area contributed by atoms with Crippen LogP contribution in [0.5, 0.6) is 0 Å². The number of ketones is 1. The lowest BCUT2D eigenvalue weighted by Gasteiger charge is -2.40. The second kappa shape index (κ2) is 6.04. The highest BCUT2D eigenvalue weighted by atomic mass is 16.2. The first-order chi connectivity index (χ1) is 13.4. The van der Waals surface area contributed by atoms with E-state index < -0.39 is 28.8 Å². The number of nitrogens with zero attached hydrogens (tertiary/aromatic N) is 2. The number of likely N-dealkylation sites (tertiary alicyclic amines) is 1. The molecule has 2 fully saturated rings. The standard InChI is InChI=1S/C24H30N2O3/c1-13-12-16-17-18(22(29)26(21(17)28)24(5,6)7)19(20(27)23(2,3)4)25(16)15-11-9-8-10-14(13)15/h8-12,16-19H,1-7H3/t16-,17+,18-,19-/m1/s1. The molecule has 1 aromatic carbocycles. The zero-order valence-corrected chi connectivity index (χ0v) is 18.3. The van der Waals surface area contributed by atoms with Gasteiger partial charge in [-0.05, 0) is 39.3 Å². The Balaban J connectivity index is 1.93. The number of carbonyl (C=O) groups is 3. The molecule has 154 valence electrons. The van der Waals surface area contributed by atoms with E-state index in [2.05, 4.69) is 11.0 Å². The number of carbonyl (C=O) groups excluding carboxylic acids is 3. The van der Waals surface area contributed by atoms with Gasteiger partial charge >= 0.3 is 0 Å². The molecule has 5 heteroatoms. The maximum absolute atomic E-state index is 13.6. The van der Waals surface area contributed by atoms with Crippen LogP contribution in [0.15, 0.2) is 30.3 Å². The number of Topliss-reactive ketones (excluding diaryl/α,β-unsaturated/α-hetero) is 1. The fourth-order valence-electron chi connectivity index (χ4n) is 5.20. The summed E-state index contributed by atoms with van der Waals surface area (Å²) in [6.45, 7) is 13.3. The maximum atomic E-state index is 13.6. The van der Waals surface area contributed by atoms with E-state index in [9.17, 15) is 14.4 Å². The summed E-state index contributed by atoms with van der Waals surface area (Å²) < 4.78 is 0. The van der Waals surface area contributed by atoms with Crippen molar-refractivity contribution in [1.82, 2.24) is 4.90 Å². The van der Waals surface area contributed by atoms with Crippen LogP contribution < -0.4 is 4.90 Å². The van der Waals surface area contributed by atoms with E-state index in [0.717, 1.165) is 16.8 Å². The number of anilines is 1. The normalized spacial score (nSPS) is 28.9. The van der Waals surface area contributed by atoms with Crippen LogP contribution in [0.25, 0.3) is 5.57 Å². The van der Waals surface area contributed by atoms with Crippen LogP contribution >= 0.6 is 0 Å². The molecule has 5 nitrogen and oxygen atoms in total. The first-order valence-corrected chi connectivity index (χ1v) is 10.3. The Morgan fingerprint density at radius 1 is 0.931 bits per heavy atom. The highest BCUT2D eigenvalue weighted by molar-refractivity contribution is 6.12. The largest absolute Gasteiger partial charge is 0.353 e. The van der Waals surface area contributed by atoms with E-state index in [1.54, 1.807) is 0 Å². The number of fused-ring (bicyclic) bond motifs is 5. The molecule has 0 saturated carbocycles. The monoisotopic (exact) mass is 394 g/mol. The van der Waals surface area contributed by atoms with Crippen LogP contribution in [0.3, 0.4) is 0 Å². The van der Waals surface area contributed by atoms with Gasteiger partial charge in [-0.3, -0.25) is 19.3 Å². The lowest BCUT2D eigenvalue weighted by Crippen LogP contribution is -2.54. The lowest BCUT2D eigenvalue weighted by atomic mass is 9.79. The van der Waals surface area contributed by atoms with Gasteiger partial charge in [0.1, 0.15) is 6.04 Å². The molecule has 3 heterocycles. The highest BCUT2D eigenvalue weighted by Crippen LogP contribution is 2.51. The van der Waals surface area contributed by atoms with Gasteiger partial charge in [-0.2, -0.15) is 0 Å². The third-order valence-electron chi connectivity index (χ3n) is 6.43. The second-order valence-electron chi connectivity index (χ2n) is 10.6. The van der Waals surface area contributed by atoms with Crippen molar-refractivity contribution in [2.45, 2.75) is 66.1 Å². The number of amides is 2. The number of imide groups is 1. The molecule has 0 aromatic heterocycles. The smallest absolute Gasteiger partial charge is 0.236 e. The summed E-state index contributed by atoms with van der Waals surface area (Å²) in [5.41, 5.74) is 1.86. The fourth-order valence-corrected chi connectivity index (χ4v) is 5.20. The second-order valence-corrected chi connectivity index (χ2v) is 10.6. The van der Waals surface area contributed by atoms with Crippen molar-refractivity contribution >= 4 is 28.9 Å². The van der Waals surface area contributed by atoms with Crippen LogP contribution in [0, 0.1) is 17.3 Å². The molecule has 2 saturated heterocycles. The van der Waals surface area contributed by atoms with Crippen molar-refractivity contribution in [3.05, 3.63) is 35.9 Å². The number of allylic oxidation sites excluding steroid dienone is 1. The van der Waals surface area contributed by atoms with Crippen molar-refractivity contribution in [1.29, 1.82) is 0 Å². The Kier molecular flexibility index (Phi) is 4.14. The molecule has 0 unspecified atom stereocenters. The molecule has 1 aromatic rings. The van der Waals surface area contributed by atoms with E-state index >= 15 is 0 Å². The van der Waals surface area contributed by atoms with Crippen molar-refractivity contribution in [2.75, 3.05) is 4.90 Å². The van der Waals surface area contributed by atoms with Gasteiger partial charge in [0, 0.05) is 22.2 Å². The summed E-state index contributed by atoms with van der Waals surface area (Å²) in [5.74, 6) is -1.53. The first kappa shape index (κ1) is 19.9. The van der Waals surface area contributed by atoms with Crippen LogP contribution in [0.4, 0.5) is 5.69 Å². The summed E-state index contributed by atoms with van der Waals surface area (Å²) in [7, 11) is 0. The Bertz CT molecular complexity index is 948. The zero-order valence-electron chi connectivity index (χ0n) is 18.3.